The quantitative estimate of drug-likeness (QED) is 0.732. The van der Waals surface area contributed by atoms with Crippen molar-refractivity contribution in [2.45, 2.75) is 101 Å². The predicted octanol–water partition coefficient (Wildman–Crippen LogP) is 1.55. The Morgan fingerprint density at radius 3 is 2.30 bits per heavy atom. The van der Waals surface area contributed by atoms with E-state index in [9.17, 15) is 9.90 Å². The first-order chi connectivity index (χ1) is 10.7. The maximum atomic E-state index is 12.2. The number of ether oxygens (including phenoxy) is 3. The molecule has 130 valence electrons. The summed E-state index contributed by atoms with van der Waals surface area (Å²) in [5.41, 5.74) is -1.93. The standard InChI is InChI=1S/C17H27NO5/c1-10(19)18-13-11(21-15(18,2)3)12-14(16(13,4)20)23-17(22-12)8-6-5-7-9-17/h11-14,20H,5-9H2,1-4H3/t11-,12-,13-,14-,16-/m0/s1. The minimum absolute atomic E-state index is 0.102. The molecule has 2 heterocycles. The van der Waals surface area contributed by atoms with Gasteiger partial charge in [0.2, 0.25) is 5.91 Å². The molecule has 1 amide bonds. The Hall–Kier alpha value is -0.690. The van der Waals surface area contributed by atoms with Gasteiger partial charge in [-0.05, 0) is 33.6 Å². The first-order valence-corrected chi connectivity index (χ1v) is 8.74. The van der Waals surface area contributed by atoms with Crippen molar-refractivity contribution < 1.29 is 24.1 Å². The molecule has 0 radical (unpaired) electrons. The topological polar surface area (TPSA) is 68.2 Å². The van der Waals surface area contributed by atoms with E-state index in [4.69, 9.17) is 14.2 Å². The van der Waals surface area contributed by atoms with Crippen molar-refractivity contribution >= 4 is 5.91 Å². The molecule has 0 aromatic carbocycles. The van der Waals surface area contributed by atoms with Gasteiger partial charge in [-0.15, -0.1) is 0 Å². The van der Waals surface area contributed by atoms with E-state index < -0.39 is 29.3 Å². The molecule has 4 aliphatic rings. The van der Waals surface area contributed by atoms with Crippen LogP contribution in [0.15, 0.2) is 0 Å². The maximum Gasteiger partial charge on any atom is 0.222 e. The van der Waals surface area contributed by atoms with Crippen molar-refractivity contribution in [2.75, 3.05) is 0 Å². The highest BCUT2D eigenvalue weighted by molar-refractivity contribution is 5.75. The van der Waals surface area contributed by atoms with Crippen molar-refractivity contribution in [1.82, 2.24) is 4.90 Å². The Labute approximate surface area is 137 Å². The minimum atomic E-state index is -1.18. The van der Waals surface area contributed by atoms with Gasteiger partial charge >= 0.3 is 0 Å². The van der Waals surface area contributed by atoms with Gasteiger partial charge in [0.1, 0.15) is 29.6 Å². The number of carbonyl (C=O) groups is 1. The van der Waals surface area contributed by atoms with E-state index >= 15 is 0 Å². The van der Waals surface area contributed by atoms with E-state index in [1.54, 1.807) is 11.8 Å². The molecule has 0 unspecified atom stereocenters. The van der Waals surface area contributed by atoms with E-state index in [-0.39, 0.29) is 18.1 Å². The van der Waals surface area contributed by atoms with Crippen LogP contribution in [-0.4, -0.2) is 57.4 Å². The molecule has 23 heavy (non-hydrogen) atoms. The molecular weight excluding hydrogens is 298 g/mol. The third-order valence-electron chi connectivity index (χ3n) is 6.04. The van der Waals surface area contributed by atoms with E-state index in [1.165, 1.54) is 13.3 Å². The summed E-state index contributed by atoms with van der Waals surface area (Å²) in [6.45, 7) is 7.00. The molecule has 2 saturated heterocycles. The largest absolute Gasteiger partial charge is 0.385 e. The number of aliphatic hydroxyl groups is 1. The van der Waals surface area contributed by atoms with Crippen LogP contribution in [0.3, 0.4) is 0 Å². The Balaban J connectivity index is 1.68. The minimum Gasteiger partial charge on any atom is -0.385 e. The zero-order valence-corrected chi connectivity index (χ0v) is 14.4. The van der Waals surface area contributed by atoms with Crippen LogP contribution in [0.5, 0.6) is 0 Å². The van der Waals surface area contributed by atoms with Crippen molar-refractivity contribution in [3.05, 3.63) is 0 Å². The SMILES string of the molecule is CC(=O)N1[C@H]2[C@@H](OC1(C)C)[C@@H]1OC3(CCCCC3)O[C@@H]1[C@@]2(C)O. The third-order valence-corrected chi connectivity index (χ3v) is 6.04. The molecule has 1 N–H and O–H groups in total. The summed E-state index contributed by atoms with van der Waals surface area (Å²) in [6.07, 6.45) is 3.98. The lowest BCUT2D eigenvalue weighted by molar-refractivity contribution is -0.224. The Morgan fingerprint density at radius 2 is 1.70 bits per heavy atom. The first kappa shape index (κ1) is 15.8. The van der Waals surface area contributed by atoms with Gasteiger partial charge in [0.05, 0.1) is 6.04 Å². The van der Waals surface area contributed by atoms with Gasteiger partial charge in [0, 0.05) is 19.8 Å². The molecular formula is C17H27NO5. The van der Waals surface area contributed by atoms with Gasteiger partial charge in [-0.3, -0.25) is 4.79 Å². The van der Waals surface area contributed by atoms with Crippen LogP contribution in [0.2, 0.25) is 0 Å². The van der Waals surface area contributed by atoms with Gasteiger partial charge in [0.25, 0.3) is 0 Å². The van der Waals surface area contributed by atoms with Gasteiger partial charge < -0.3 is 24.2 Å². The number of nitrogens with zero attached hydrogens (tertiary/aromatic N) is 1. The molecule has 6 heteroatoms. The van der Waals surface area contributed by atoms with Crippen LogP contribution >= 0.6 is 0 Å². The number of rotatable bonds is 0. The van der Waals surface area contributed by atoms with Gasteiger partial charge in [-0.25, -0.2) is 0 Å². The van der Waals surface area contributed by atoms with Crippen LogP contribution in [0.25, 0.3) is 0 Å². The highest BCUT2D eigenvalue weighted by Crippen LogP contribution is 2.54. The van der Waals surface area contributed by atoms with Crippen LogP contribution in [0.4, 0.5) is 0 Å². The molecule has 4 rings (SSSR count). The predicted molar refractivity (Wildman–Crippen MR) is 81.4 cm³/mol. The number of amides is 1. The van der Waals surface area contributed by atoms with Gasteiger partial charge in [0.15, 0.2) is 5.79 Å². The molecule has 1 spiro atoms. The lowest BCUT2D eigenvalue weighted by Crippen LogP contribution is -2.58. The van der Waals surface area contributed by atoms with Crippen LogP contribution in [0.1, 0.15) is 59.8 Å². The summed E-state index contributed by atoms with van der Waals surface area (Å²) in [5, 5.41) is 11.2. The summed E-state index contributed by atoms with van der Waals surface area (Å²) in [4.78, 5) is 13.8. The normalized spacial score (nSPS) is 46.9. The number of carbonyl (C=O) groups excluding carboxylic acids is 1. The fourth-order valence-corrected chi connectivity index (χ4v) is 5.17. The Bertz CT molecular complexity index is 525. The maximum absolute atomic E-state index is 12.2. The van der Waals surface area contributed by atoms with E-state index in [0.29, 0.717) is 0 Å². The molecule has 4 fully saturated rings. The smallest absolute Gasteiger partial charge is 0.222 e. The Morgan fingerprint density at radius 1 is 1.04 bits per heavy atom. The zero-order chi connectivity index (χ0) is 16.6. The second-order valence-corrected chi connectivity index (χ2v) is 8.18. The van der Waals surface area contributed by atoms with Crippen molar-refractivity contribution in [1.29, 1.82) is 0 Å². The monoisotopic (exact) mass is 325 g/mol. The van der Waals surface area contributed by atoms with E-state index in [1.807, 2.05) is 13.8 Å². The lowest BCUT2D eigenvalue weighted by Gasteiger charge is -2.40. The molecule has 6 nitrogen and oxygen atoms in total. The number of hydrogen-bond acceptors (Lipinski definition) is 5. The van der Waals surface area contributed by atoms with E-state index in [0.717, 1.165) is 25.7 Å². The summed E-state index contributed by atoms with van der Waals surface area (Å²) in [5.74, 6) is -0.671. The first-order valence-electron chi connectivity index (χ1n) is 8.74. The molecule has 5 atom stereocenters. The average molecular weight is 325 g/mol. The molecule has 0 aromatic heterocycles. The molecule has 0 aromatic rings. The summed E-state index contributed by atoms with van der Waals surface area (Å²) in [7, 11) is 0. The highest BCUT2D eigenvalue weighted by Gasteiger charge is 2.72. The lowest BCUT2D eigenvalue weighted by atomic mass is 9.93. The van der Waals surface area contributed by atoms with Crippen LogP contribution < -0.4 is 0 Å². The van der Waals surface area contributed by atoms with Crippen molar-refractivity contribution in [3.63, 3.8) is 0 Å². The Kier molecular flexibility index (Phi) is 3.22. The van der Waals surface area contributed by atoms with Crippen molar-refractivity contribution in [2.24, 2.45) is 0 Å². The van der Waals surface area contributed by atoms with E-state index in [2.05, 4.69) is 0 Å². The fraction of sp³-hybridized carbons (Fsp3) is 0.941. The summed E-state index contributed by atoms with van der Waals surface area (Å²) in [6, 6.07) is -0.439. The van der Waals surface area contributed by atoms with Crippen molar-refractivity contribution in [3.8, 4) is 0 Å². The van der Waals surface area contributed by atoms with Gasteiger partial charge in [-0.2, -0.15) is 0 Å². The number of fused-ring (bicyclic) bond motifs is 3. The number of hydrogen-bond donors (Lipinski definition) is 1. The molecule has 2 saturated carbocycles. The fourth-order valence-electron chi connectivity index (χ4n) is 5.17. The highest BCUT2D eigenvalue weighted by atomic mass is 16.8. The molecule has 2 aliphatic carbocycles. The summed E-state index contributed by atoms with van der Waals surface area (Å²) >= 11 is 0. The average Bonchev–Trinajstić information content (AvgIpc) is 3.00. The summed E-state index contributed by atoms with van der Waals surface area (Å²) < 4.78 is 18.8. The molecule has 2 aliphatic heterocycles. The zero-order valence-electron chi connectivity index (χ0n) is 14.4. The second-order valence-electron chi connectivity index (χ2n) is 8.18. The van der Waals surface area contributed by atoms with Gasteiger partial charge in [-0.1, -0.05) is 6.42 Å². The molecule has 0 bridgehead atoms. The van der Waals surface area contributed by atoms with Crippen LogP contribution in [0, 0.1) is 0 Å². The third kappa shape index (κ3) is 2.05. The van der Waals surface area contributed by atoms with Crippen LogP contribution in [-0.2, 0) is 19.0 Å². The second kappa shape index (κ2) is 4.69.